The highest BCUT2D eigenvalue weighted by molar-refractivity contribution is 5.75. The predicted octanol–water partition coefficient (Wildman–Crippen LogP) is 0.358. The molecule has 0 bridgehead atoms. The van der Waals surface area contributed by atoms with Crippen molar-refractivity contribution in [2.24, 2.45) is 16.5 Å². The fourth-order valence-electron chi connectivity index (χ4n) is 1.30. The van der Waals surface area contributed by atoms with Crippen LogP contribution in [0.5, 0.6) is 0 Å². The molecular formula is C11H18N4. The molecule has 4 heteroatoms. The van der Waals surface area contributed by atoms with Gasteiger partial charge in [-0.25, -0.2) is 0 Å². The van der Waals surface area contributed by atoms with Crippen LogP contribution in [0.4, 0.5) is 0 Å². The fraction of sp³-hybridized carbons (Fsp3) is 0.364. The molecule has 4 nitrogen and oxygen atoms in total. The zero-order valence-electron chi connectivity index (χ0n) is 9.03. The van der Waals surface area contributed by atoms with E-state index < -0.39 is 0 Å². The number of hydrogen-bond acceptors (Lipinski definition) is 2. The van der Waals surface area contributed by atoms with Crippen molar-refractivity contribution in [3.05, 3.63) is 35.4 Å². The minimum absolute atomic E-state index is 0.146. The maximum Gasteiger partial charge on any atom is 0.185 e. The van der Waals surface area contributed by atoms with E-state index in [1.807, 2.05) is 12.1 Å². The van der Waals surface area contributed by atoms with Crippen LogP contribution in [0.2, 0.25) is 0 Å². The highest BCUT2D eigenvalue weighted by Crippen LogP contribution is 2.05. The Hall–Kier alpha value is -1.55. The number of benzene rings is 1. The van der Waals surface area contributed by atoms with Crippen molar-refractivity contribution in [3.8, 4) is 0 Å². The number of nitrogens with two attached hydrogens (primary N) is 2. The van der Waals surface area contributed by atoms with Crippen molar-refractivity contribution in [2.45, 2.75) is 13.5 Å². The summed E-state index contributed by atoms with van der Waals surface area (Å²) < 4.78 is 0. The summed E-state index contributed by atoms with van der Waals surface area (Å²) in [5.41, 5.74) is 13.0. The van der Waals surface area contributed by atoms with E-state index in [0.29, 0.717) is 6.54 Å². The molecule has 0 saturated heterocycles. The molecule has 0 aliphatic carbocycles. The van der Waals surface area contributed by atoms with E-state index in [0.717, 1.165) is 13.1 Å². The maximum absolute atomic E-state index is 5.21. The number of hydrogen-bond donors (Lipinski definition) is 3. The number of rotatable bonds is 5. The summed E-state index contributed by atoms with van der Waals surface area (Å²) in [6, 6.07) is 8.30. The standard InChI is InChI=1S/C11H18N4/c1-9-4-2-3-5-10(9)8-14-6-7-15-11(12)13/h2-5,14H,6-8H2,1H3,(H4,12,13,15). The van der Waals surface area contributed by atoms with Crippen LogP contribution >= 0.6 is 0 Å². The summed E-state index contributed by atoms with van der Waals surface area (Å²) in [4.78, 5) is 3.89. The summed E-state index contributed by atoms with van der Waals surface area (Å²) >= 11 is 0. The highest BCUT2D eigenvalue weighted by atomic mass is 15.0. The summed E-state index contributed by atoms with van der Waals surface area (Å²) in [6.07, 6.45) is 0. The molecule has 1 rings (SSSR count). The van der Waals surface area contributed by atoms with Crippen LogP contribution in [0, 0.1) is 6.92 Å². The van der Waals surface area contributed by atoms with Crippen LogP contribution in [0.3, 0.4) is 0 Å². The number of nitrogens with one attached hydrogen (secondary N) is 1. The lowest BCUT2D eigenvalue weighted by Crippen LogP contribution is -2.25. The second-order valence-corrected chi connectivity index (χ2v) is 3.41. The van der Waals surface area contributed by atoms with E-state index in [2.05, 4.69) is 29.4 Å². The Balaban J connectivity index is 2.26. The molecule has 5 N–H and O–H groups in total. The van der Waals surface area contributed by atoms with Gasteiger partial charge in [0.25, 0.3) is 0 Å². The Morgan fingerprint density at radius 1 is 1.33 bits per heavy atom. The molecule has 0 radical (unpaired) electrons. The van der Waals surface area contributed by atoms with Crippen LogP contribution in [-0.2, 0) is 6.54 Å². The van der Waals surface area contributed by atoms with Crippen LogP contribution < -0.4 is 16.8 Å². The minimum atomic E-state index is 0.146. The van der Waals surface area contributed by atoms with Gasteiger partial charge in [0.1, 0.15) is 0 Å². The second kappa shape index (κ2) is 6.03. The Morgan fingerprint density at radius 3 is 2.73 bits per heavy atom. The van der Waals surface area contributed by atoms with Gasteiger partial charge in [0.2, 0.25) is 0 Å². The first-order chi connectivity index (χ1) is 7.20. The third-order valence-corrected chi connectivity index (χ3v) is 2.16. The Bertz CT molecular complexity index is 329. The van der Waals surface area contributed by atoms with Gasteiger partial charge in [0.05, 0.1) is 6.54 Å². The monoisotopic (exact) mass is 206 g/mol. The lowest BCUT2D eigenvalue weighted by molar-refractivity contribution is 0.692. The van der Waals surface area contributed by atoms with Gasteiger partial charge in [-0.05, 0) is 18.1 Å². The van der Waals surface area contributed by atoms with Gasteiger partial charge in [-0.2, -0.15) is 0 Å². The van der Waals surface area contributed by atoms with Crippen molar-refractivity contribution in [1.82, 2.24) is 5.32 Å². The van der Waals surface area contributed by atoms with Crippen molar-refractivity contribution in [1.29, 1.82) is 0 Å². The average molecular weight is 206 g/mol. The molecule has 0 atom stereocenters. The Kier molecular flexibility index (Phi) is 4.63. The minimum Gasteiger partial charge on any atom is -0.370 e. The molecule has 0 fully saturated rings. The van der Waals surface area contributed by atoms with Crippen molar-refractivity contribution in [3.63, 3.8) is 0 Å². The van der Waals surface area contributed by atoms with Crippen LogP contribution in [0.25, 0.3) is 0 Å². The molecular weight excluding hydrogens is 188 g/mol. The maximum atomic E-state index is 5.21. The van der Waals surface area contributed by atoms with E-state index in [1.54, 1.807) is 0 Å². The zero-order valence-corrected chi connectivity index (χ0v) is 9.03. The molecule has 0 unspecified atom stereocenters. The lowest BCUT2D eigenvalue weighted by Gasteiger charge is -2.06. The Labute approximate surface area is 90.4 Å². The molecule has 0 amide bonds. The normalized spacial score (nSPS) is 9.93. The van der Waals surface area contributed by atoms with Gasteiger partial charge >= 0.3 is 0 Å². The van der Waals surface area contributed by atoms with Crippen LogP contribution in [0.15, 0.2) is 29.3 Å². The first-order valence-corrected chi connectivity index (χ1v) is 5.01. The summed E-state index contributed by atoms with van der Waals surface area (Å²) in [7, 11) is 0. The summed E-state index contributed by atoms with van der Waals surface area (Å²) in [5.74, 6) is 0.146. The molecule has 82 valence electrons. The SMILES string of the molecule is Cc1ccccc1CNCCN=C(N)N. The molecule has 1 aromatic rings. The summed E-state index contributed by atoms with van der Waals surface area (Å²) in [5, 5.41) is 3.28. The smallest absolute Gasteiger partial charge is 0.185 e. The van der Waals surface area contributed by atoms with Crippen molar-refractivity contribution >= 4 is 5.96 Å². The van der Waals surface area contributed by atoms with E-state index >= 15 is 0 Å². The van der Waals surface area contributed by atoms with Crippen molar-refractivity contribution in [2.75, 3.05) is 13.1 Å². The third-order valence-electron chi connectivity index (χ3n) is 2.16. The zero-order chi connectivity index (χ0) is 11.1. The second-order valence-electron chi connectivity index (χ2n) is 3.41. The van der Waals surface area contributed by atoms with Gasteiger partial charge in [-0.3, -0.25) is 4.99 Å². The van der Waals surface area contributed by atoms with Gasteiger partial charge in [-0.15, -0.1) is 0 Å². The van der Waals surface area contributed by atoms with Gasteiger partial charge in [0, 0.05) is 13.1 Å². The molecule has 15 heavy (non-hydrogen) atoms. The van der Waals surface area contributed by atoms with Crippen molar-refractivity contribution < 1.29 is 0 Å². The molecule has 0 aromatic heterocycles. The lowest BCUT2D eigenvalue weighted by atomic mass is 10.1. The predicted molar refractivity (Wildman–Crippen MR) is 63.6 cm³/mol. The molecule has 0 saturated carbocycles. The number of aryl methyl sites for hydroxylation is 1. The van der Waals surface area contributed by atoms with Gasteiger partial charge in [-0.1, -0.05) is 24.3 Å². The van der Waals surface area contributed by atoms with E-state index in [1.165, 1.54) is 11.1 Å². The molecule has 0 aliphatic heterocycles. The van der Waals surface area contributed by atoms with Crippen LogP contribution in [-0.4, -0.2) is 19.0 Å². The average Bonchev–Trinajstić information content (AvgIpc) is 2.20. The summed E-state index contributed by atoms with van der Waals surface area (Å²) in [6.45, 7) is 4.36. The highest BCUT2D eigenvalue weighted by Gasteiger charge is 1.95. The Morgan fingerprint density at radius 2 is 2.07 bits per heavy atom. The van der Waals surface area contributed by atoms with E-state index in [-0.39, 0.29) is 5.96 Å². The number of nitrogens with zero attached hydrogens (tertiary/aromatic N) is 1. The molecule has 0 spiro atoms. The van der Waals surface area contributed by atoms with Gasteiger partial charge in [0.15, 0.2) is 5.96 Å². The largest absolute Gasteiger partial charge is 0.370 e. The molecule has 0 heterocycles. The quantitative estimate of drug-likeness (QED) is 0.370. The van der Waals surface area contributed by atoms with Gasteiger partial charge < -0.3 is 16.8 Å². The third kappa shape index (κ3) is 4.46. The van der Waals surface area contributed by atoms with E-state index in [9.17, 15) is 0 Å². The first kappa shape index (κ1) is 11.5. The number of guanidine groups is 1. The number of aliphatic imine (C=N–C) groups is 1. The van der Waals surface area contributed by atoms with Crippen LogP contribution in [0.1, 0.15) is 11.1 Å². The topological polar surface area (TPSA) is 76.4 Å². The van der Waals surface area contributed by atoms with E-state index in [4.69, 9.17) is 11.5 Å². The first-order valence-electron chi connectivity index (χ1n) is 5.01. The molecule has 1 aromatic carbocycles. The fourth-order valence-corrected chi connectivity index (χ4v) is 1.30. The molecule has 0 aliphatic rings.